The van der Waals surface area contributed by atoms with Gasteiger partial charge in [0.25, 0.3) is 12.9 Å². The average Bonchev–Trinajstić information content (AvgIpc) is 2.78. The van der Waals surface area contributed by atoms with Gasteiger partial charge in [-0.2, -0.15) is 0 Å². The molecule has 0 saturated heterocycles. The van der Waals surface area contributed by atoms with Gasteiger partial charge in [0.2, 0.25) is 0 Å². The summed E-state index contributed by atoms with van der Waals surface area (Å²) in [6.07, 6.45) is -4.21. The van der Waals surface area contributed by atoms with Crippen LogP contribution in [0.2, 0.25) is 0 Å². The predicted molar refractivity (Wildman–Crippen MR) is 51.3 cm³/mol. The molecule has 17 heavy (non-hydrogen) atoms. The van der Waals surface area contributed by atoms with Gasteiger partial charge in [-0.05, 0) is 12.1 Å². The minimum Gasteiger partial charge on any atom is -0.220 e. The zero-order valence-electron chi connectivity index (χ0n) is 8.39. The molecule has 1 aromatic heterocycles. The van der Waals surface area contributed by atoms with Crippen LogP contribution in [0, 0.1) is 0 Å². The first-order chi connectivity index (χ1) is 8.08. The number of benzene rings is 1. The molecule has 0 saturated carbocycles. The number of alkyl halides is 4. The second-order valence-corrected chi connectivity index (χ2v) is 3.28. The monoisotopic (exact) mass is 245 g/mol. The fourth-order valence-corrected chi connectivity index (χ4v) is 1.28. The lowest BCUT2D eigenvalue weighted by molar-refractivity contribution is 0.146. The minimum absolute atomic E-state index is 0.136. The second kappa shape index (κ2) is 4.52. The van der Waals surface area contributed by atoms with Crippen LogP contribution >= 0.6 is 0 Å². The van der Waals surface area contributed by atoms with Crippen molar-refractivity contribution in [2.75, 3.05) is 0 Å². The van der Waals surface area contributed by atoms with E-state index in [0.717, 1.165) is 10.9 Å². The first-order valence-corrected chi connectivity index (χ1v) is 4.67. The molecule has 90 valence electrons. The fraction of sp³-hybridized carbons (Fsp3) is 0.200. The Labute approximate surface area is 93.7 Å². The highest BCUT2D eigenvalue weighted by atomic mass is 19.3. The molecular weight excluding hydrogens is 238 g/mol. The Morgan fingerprint density at radius 1 is 0.941 bits per heavy atom. The van der Waals surface area contributed by atoms with Crippen LogP contribution < -0.4 is 0 Å². The third-order valence-electron chi connectivity index (χ3n) is 2.14. The van der Waals surface area contributed by atoms with E-state index in [9.17, 15) is 17.6 Å². The van der Waals surface area contributed by atoms with Crippen LogP contribution in [0.5, 0.6) is 0 Å². The Kier molecular flexibility index (Phi) is 3.08. The molecule has 0 aliphatic carbocycles. The third-order valence-corrected chi connectivity index (χ3v) is 2.14. The predicted octanol–water partition coefficient (Wildman–Crippen LogP) is 3.14. The van der Waals surface area contributed by atoms with E-state index in [1.165, 1.54) is 24.3 Å². The quantitative estimate of drug-likeness (QED) is 0.778. The van der Waals surface area contributed by atoms with E-state index in [4.69, 9.17) is 0 Å². The van der Waals surface area contributed by atoms with Crippen molar-refractivity contribution in [3.05, 3.63) is 41.7 Å². The largest absolute Gasteiger partial charge is 0.283 e. The lowest BCUT2D eigenvalue weighted by Crippen LogP contribution is -1.95. The highest BCUT2D eigenvalue weighted by Crippen LogP contribution is 2.21. The maximum absolute atomic E-state index is 12.3. The van der Waals surface area contributed by atoms with Gasteiger partial charge in [0, 0.05) is 5.56 Å². The summed E-state index contributed by atoms with van der Waals surface area (Å²) in [4.78, 5) is 0. The summed E-state index contributed by atoms with van der Waals surface area (Å²) < 4.78 is 50.2. The molecule has 0 aliphatic heterocycles. The Balaban J connectivity index is 2.27. The molecule has 0 bridgehead atoms. The Morgan fingerprint density at radius 3 is 2.06 bits per heavy atom. The summed E-state index contributed by atoms with van der Waals surface area (Å²) in [6.45, 7) is 0. The van der Waals surface area contributed by atoms with Gasteiger partial charge < -0.3 is 0 Å². The topological polar surface area (TPSA) is 30.7 Å². The van der Waals surface area contributed by atoms with E-state index in [1.54, 1.807) is 0 Å². The molecule has 3 nitrogen and oxygen atoms in total. The average molecular weight is 245 g/mol. The fourth-order valence-electron chi connectivity index (χ4n) is 1.28. The summed E-state index contributed by atoms with van der Waals surface area (Å²) in [5.74, 6) is 0. The standard InChI is InChI=1S/C10H7F4N3/c11-9(12)6-1-3-7(4-2-6)17-5-8(10(13)14)15-16-17/h1-5,9-10H. The maximum Gasteiger partial charge on any atom is 0.283 e. The zero-order valence-corrected chi connectivity index (χ0v) is 8.39. The number of nitrogens with zero attached hydrogens (tertiary/aromatic N) is 3. The molecule has 0 atom stereocenters. The first-order valence-electron chi connectivity index (χ1n) is 4.67. The van der Waals surface area contributed by atoms with Crippen molar-refractivity contribution >= 4 is 0 Å². The molecule has 0 N–H and O–H groups in total. The molecule has 0 unspecified atom stereocenters. The van der Waals surface area contributed by atoms with Gasteiger partial charge in [0.05, 0.1) is 11.9 Å². The molecule has 0 fully saturated rings. The number of halogens is 4. The van der Waals surface area contributed by atoms with E-state index < -0.39 is 18.5 Å². The van der Waals surface area contributed by atoms with E-state index in [1.807, 2.05) is 0 Å². The van der Waals surface area contributed by atoms with Crippen molar-refractivity contribution in [3.8, 4) is 5.69 Å². The molecule has 1 heterocycles. The van der Waals surface area contributed by atoms with Gasteiger partial charge in [-0.1, -0.05) is 17.3 Å². The van der Waals surface area contributed by atoms with Gasteiger partial charge in [-0.3, -0.25) is 0 Å². The number of aromatic nitrogens is 3. The Morgan fingerprint density at radius 2 is 1.59 bits per heavy atom. The maximum atomic E-state index is 12.3. The summed E-state index contributed by atoms with van der Waals surface area (Å²) in [5, 5.41) is 6.75. The molecule has 0 radical (unpaired) electrons. The lowest BCUT2D eigenvalue weighted by atomic mass is 10.2. The molecule has 1 aromatic carbocycles. The minimum atomic E-state index is -2.70. The van der Waals surface area contributed by atoms with Gasteiger partial charge in [-0.25, -0.2) is 22.2 Å². The van der Waals surface area contributed by atoms with Crippen molar-refractivity contribution in [2.45, 2.75) is 12.9 Å². The van der Waals surface area contributed by atoms with Gasteiger partial charge in [0.15, 0.2) is 0 Å². The highest BCUT2D eigenvalue weighted by Gasteiger charge is 2.13. The Bertz CT molecular complexity index is 493. The van der Waals surface area contributed by atoms with Crippen LogP contribution in [-0.2, 0) is 0 Å². The molecule has 0 aliphatic rings. The van der Waals surface area contributed by atoms with Crippen molar-refractivity contribution < 1.29 is 17.6 Å². The number of hydrogen-bond donors (Lipinski definition) is 0. The Hall–Kier alpha value is -1.92. The molecular formula is C10H7F4N3. The smallest absolute Gasteiger partial charge is 0.220 e. The SMILES string of the molecule is FC(F)c1ccc(-n2cc(C(F)F)nn2)cc1. The van der Waals surface area contributed by atoms with Crippen LogP contribution in [-0.4, -0.2) is 15.0 Å². The van der Waals surface area contributed by atoms with E-state index >= 15 is 0 Å². The van der Waals surface area contributed by atoms with Gasteiger partial charge in [0.1, 0.15) is 5.69 Å². The normalized spacial score (nSPS) is 11.4. The molecule has 0 amide bonds. The summed E-state index contributed by atoms with van der Waals surface area (Å²) in [5.41, 5.74) is -0.195. The molecule has 2 aromatic rings. The zero-order chi connectivity index (χ0) is 12.4. The molecule has 2 rings (SSSR count). The van der Waals surface area contributed by atoms with Crippen molar-refractivity contribution in [1.82, 2.24) is 15.0 Å². The van der Waals surface area contributed by atoms with Crippen molar-refractivity contribution in [1.29, 1.82) is 0 Å². The number of rotatable bonds is 3. The summed E-state index contributed by atoms with van der Waals surface area (Å²) >= 11 is 0. The van der Waals surface area contributed by atoms with Gasteiger partial charge in [-0.15, -0.1) is 5.10 Å². The van der Waals surface area contributed by atoms with E-state index in [0.29, 0.717) is 5.69 Å². The van der Waals surface area contributed by atoms with Crippen LogP contribution in [0.25, 0.3) is 5.69 Å². The van der Waals surface area contributed by atoms with E-state index in [-0.39, 0.29) is 5.56 Å². The summed E-state index contributed by atoms with van der Waals surface area (Å²) in [6, 6.07) is 5.16. The highest BCUT2D eigenvalue weighted by molar-refractivity contribution is 5.34. The number of hydrogen-bond acceptors (Lipinski definition) is 2. The van der Waals surface area contributed by atoms with E-state index in [2.05, 4.69) is 10.3 Å². The first kappa shape index (κ1) is 11.6. The van der Waals surface area contributed by atoms with Gasteiger partial charge >= 0.3 is 0 Å². The van der Waals surface area contributed by atoms with Crippen molar-refractivity contribution in [2.24, 2.45) is 0 Å². The lowest BCUT2D eigenvalue weighted by Gasteiger charge is -2.02. The van der Waals surface area contributed by atoms with Crippen LogP contribution in [0.15, 0.2) is 30.5 Å². The van der Waals surface area contributed by atoms with Crippen LogP contribution in [0.1, 0.15) is 24.1 Å². The molecule has 0 spiro atoms. The molecule has 7 heteroatoms. The van der Waals surface area contributed by atoms with Crippen molar-refractivity contribution in [3.63, 3.8) is 0 Å². The second-order valence-electron chi connectivity index (χ2n) is 3.28. The third kappa shape index (κ3) is 2.43. The van der Waals surface area contributed by atoms with Crippen LogP contribution in [0.4, 0.5) is 17.6 Å². The van der Waals surface area contributed by atoms with Crippen LogP contribution in [0.3, 0.4) is 0 Å². The summed E-state index contributed by atoms with van der Waals surface area (Å²) in [7, 11) is 0.